The van der Waals surface area contributed by atoms with Crippen LogP contribution >= 0.6 is 15.9 Å². The predicted molar refractivity (Wildman–Crippen MR) is 122 cm³/mol. The van der Waals surface area contributed by atoms with E-state index in [0.29, 0.717) is 34.6 Å². The molecule has 0 bridgehead atoms. The molecule has 0 atom stereocenters. The van der Waals surface area contributed by atoms with E-state index in [9.17, 15) is 13.5 Å². The molecule has 0 saturated heterocycles. The van der Waals surface area contributed by atoms with Gasteiger partial charge in [-0.05, 0) is 68.1 Å². The standard InChI is InChI=1S/C19H27BrN6O3S/c1-4-14(13-27)23-18-17(20)12-21-19(25-18)24-15-7-5-8-16(11-15)30(28,29)22-9-6-10-26(2)3/h4-5,7-8,11-12,22,27H,6,9-10,13H2,1-3H3,(H2,21,23,24,25)/b14-4+. The van der Waals surface area contributed by atoms with Crippen molar-refractivity contribution in [3.63, 3.8) is 0 Å². The number of allylic oxidation sites excluding steroid dienone is 1. The van der Waals surface area contributed by atoms with Gasteiger partial charge in [-0.25, -0.2) is 18.1 Å². The van der Waals surface area contributed by atoms with Crippen LogP contribution in [0.4, 0.5) is 17.5 Å². The largest absolute Gasteiger partial charge is 0.390 e. The third-order valence-corrected chi connectivity index (χ3v) is 6.06. The number of anilines is 3. The maximum absolute atomic E-state index is 12.5. The van der Waals surface area contributed by atoms with E-state index in [0.717, 1.165) is 6.54 Å². The zero-order valence-electron chi connectivity index (χ0n) is 17.2. The maximum Gasteiger partial charge on any atom is 0.240 e. The lowest BCUT2D eigenvalue weighted by Gasteiger charge is -2.13. The molecule has 2 rings (SSSR count). The predicted octanol–water partition coefficient (Wildman–Crippen LogP) is 2.52. The quantitative estimate of drug-likeness (QED) is 0.349. The van der Waals surface area contributed by atoms with Crippen LogP contribution in [0.3, 0.4) is 0 Å². The highest BCUT2D eigenvalue weighted by Gasteiger charge is 2.14. The topological polar surface area (TPSA) is 119 Å². The fourth-order valence-electron chi connectivity index (χ4n) is 2.43. The summed E-state index contributed by atoms with van der Waals surface area (Å²) in [6.07, 6.45) is 4.02. The van der Waals surface area contributed by atoms with E-state index in [2.05, 4.69) is 41.3 Å². The second kappa shape index (κ2) is 11.4. The minimum atomic E-state index is -3.61. The Morgan fingerprint density at radius 1 is 1.33 bits per heavy atom. The Morgan fingerprint density at radius 3 is 2.77 bits per heavy atom. The van der Waals surface area contributed by atoms with E-state index in [-0.39, 0.29) is 17.5 Å². The molecular weight excluding hydrogens is 472 g/mol. The summed E-state index contributed by atoms with van der Waals surface area (Å²) in [5, 5.41) is 15.3. The summed E-state index contributed by atoms with van der Waals surface area (Å²) in [6.45, 7) is 2.80. The number of hydrogen-bond donors (Lipinski definition) is 4. The van der Waals surface area contributed by atoms with E-state index in [1.165, 1.54) is 12.1 Å². The van der Waals surface area contributed by atoms with Crippen LogP contribution in [0.1, 0.15) is 13.3 Å². The van der Waals surface area contributed by atoms with Gasteiger partial charge in [0, 0.05) is 24.1 Å². The van der Waals surface area contributed by atoms with Crippen LogP contribution in [0.5, 0.6) is 0 Å². The van der Waals surface area contributed by atoms with Gasteiger partial charge in [-0.1, -0.05) is 12.1 Å². The number of hydrogen-bond acceptors (Lipinski definition) is 8. The summed E-state index contributed by atoms with van der Waals surface area (Å²) in [6, 6.07) is 6.44. The summed E-state index contributed by atoms with van der Waals surface area (Å²) in [5.74, 6) is 0.753. The molecule has 9 nitrogen and oxygen atoms in total. The van der Waals surface area contributed by atoms with Crippen molar-refractivity contribution < 1.29 is 13.5 Å². The van der Waals surface area contributed by atoms with Crippen molar-refractivity contribution >= 4 is 43.4 Å². The van der Waals surface area contributed by atoms with Crippen molar-refractivity contribution in [3.8, 4) is 0 Å². The number of halogens is 1. The van der Waals surface area contributed by atoms with Gasteiger partial charge < -0.3 is 20.6 Å². The number of benzene rings is 1. The minimum Gasteiger partial charge on any atom is -0.390 e. The zero-order valence-corrected chi connectivity index (χ0v) is 19.6. The second-order valence-corrected chi connectivity index (χ2v) is 9.32. The number of aliphatic hydroxyl groups is 1. The molecule has 2 aromatic rings. The Morgan fingerprint density at radius 2 is 2.10 bits per heavy atom. The molecule has 30 heavy (non-hydrogen) atoms. The molecule has 0 amide bonds. The molecule has 0 saturated carbocycles. The normalized spacial score (nSPS) is 12.3. The molecule has 11 heteroatoms. The van der Waals surface area contributed by atoms with Gasteiger partial charge in [0.05, 0.1) is 16.0 Å². The van der Waals surface area contributed by atoms with E-state index in [1.54, 1.807) is 31.3 Å². The first-order chi connectivity index (χ1) is 14.2. The highest BCUT2D eigenvalue weighted by molar-refractivity contribution is 9.10. The molecule has 1 heterocycles. The van der Waals surface area contributed by atoms with E-state index in [1.807, 2.05) is 19.0 Å². The molecule has 0 aliphatic heterocycles. The van der Waals surface area contributed by atoms with Gasteiger partial charge in [-0.3, -0.25) is 0 Å². The molecule has 164 valence electrons. The molecule has 1 aromatic carbocycles. The minimum absolute atomic E-state index is 0.156. The van der Waals surface area contributed by atoms with Crippen molar-refractivity contribution in [1.29, 1.82) is 0 Å². The Bertz CT molecular complexity index is 982. The van der Waals surface area contributed by atoms with Crippen LogP contribution in [-0.4, -0.2) is 62.2 Å². The number of sulfonamides is 1. The highest BCUT2D eigenvalue weighted by atomic mass is 79.9. The van der Waals surface area contributed by atoms with Gasteiger partial charge in [0.2, 0.25) is 16.0 Å². The average Bonchev–Trinajstić information content (AvgIpc) is 2.71. The van der Waals surface area contributed by atoms with Crippen LogP contribution < -0.4 is 15.4 Å². The smallest absolute Gasteiger partial charge is 0.240 e. The lowest BCUT2D eigenvalue weighted by Crippen LogP contribution is -2.27. The van der Waals surface area contributed by atoms with Gasteiger partial charge in [0.25, 0.3) is 0 Å². The van der Waals surface area contributed by atoms with E-state index >= 15 is 0 Å². The fraction of sp³-hybridized carbons (Fsp3) is 0.368. The van der Waals surface area contributed by atoms with Gasteiger partial charge in [0.1, 0.15) is 5.82 Å². The summed E-state index contributed by atoms with van der Waals surface area (Å²) >= 11 is 3.36. The molecule has 0 spiro atoms. The number of rotatable bonds is 11. The third-order valence-electron chi connectivity index (χ3n) is 4.02. The van der Waals surface area contributed by atoms with Crippen molar-refractivity contribution in [3.05, 3.63) is 46.7 Å². The second-order valence-electron chi connectivity index (χ2n) is 6.69. The van der Waals surface area contributed by atoms with Crippen molar-refractivity contribution in [2.75, 3.05) is 44.4 Å². The molecule has 0 radical (unpaired) electrons. The summed E-state index contributed by atoms with van der Waals surface area (Å²) < 4.78 is 28.3. The molecule has 1 aromatic heterocycles. The summed E-state index contributed by atoms with van der Waals surface area (Å²) in [7, 11) is 0.270. The van der Waals surface area contributed by atoms with Crippen LogP contribution in [0.25, 0.3) is 0 Å². The number of nitrogens with one attached hydrogen (secondary N) is 3. The van der Waals surface area contributed by atoms with Gasteiger partial charge >= 0.3 is 0 Å². The van der Waals surface area contributed by atoms with E-state index < -0.39 is 10.0 Å². The van der Waals surface area contributed by atoms with E-state index in [4.69, 9.17) is 0 Å². The van der Waals surface area contributed by atoms with Gasteiger partial charge in [-0.2, -0.15) is 4.98 Å². The molecule has 0 aliphatic rings. The molecular formula is C19H27BrN6O3S. The number of nitrogens with zero attached hydrogens (tertiary/aromatic N) is 3. The Hall–Kier alpha value is -2.05. The van der Waals surface area contributed by atoms with Crippen molar-refractivity contribution in [1.82, 2.24) is 19.6 Å². The fourth-order valence-corrected chi connectivity index (χ4v) is 3.84. The SMILES string of the molecule is C/C=C(\CO)Nc1nc(Nc2cccc(S(=O)(=O)NCCCN(C)C)c2)ncc1Br. The number of aliphatic hydroxyl groups excluding tert-OH is 1. The lowest BCUT2D eigenvalue weighted by molar-refractivity contribution is 0.332. The Kier molecular flexibility index (Phi) is 9.18. The first-order valence-electron chi connectivity index (χ1n) is 9.32. The third kappa shape index (κ3) is 7.33. The van der Waals surface area contributed by atoms with Crippen molar-refractivity contribution in [2.24, 2.45) is 0 Å². The summed E-state index contributed by atoms with van der Waals surface area (Å²) in [4.78, 5) is 10.7. The summed E-state index contributed by atoms with van der Waals surface area (Å²) in [5.41, 5.74) is 1.13. The first kappa shape index (κ1) is 24.2. The number of aromatic nitrogens is 2. The Labute approximate surface area is 185 Å². The van der Waals surface area contributed by atoms with Crippen LogP contribution in [0, 0.1) is 0 Å². The molecule has 0 fully saturated rings. The van der Waals surface area contributed by atoms with Gasteiger partial charge in [0.15, 0.2) is 0 Å². The zero-order chi connectivity index (χ0) is 22.1. The van der Waals surface area contributed by atoms with Gasteiger partial charge in [-0.15, -0.1) is 0 Å². The molecule has 0 aliphatic carbocycles. The van der Waals surface area contributed by atoms with Crippen molar-refractivity contribution in [2.45, 2.75) is 18.2 Å². The molecule has 4 N–H and O–H groups in total. The highest BCUT2D eigenvalue weighted by Crippen LogP contribution is 2.24. The monoisotopic (exact) mass is 498 g/mol. The average molecular weight is 499 g/mol. The van der Waals surface area contributed by atoms with Crippen LogP contribution in [-0.2, 0) is 10.0 Å². The Balaban J connectivity index is 2.13. The van der Waals surface area contributed by atoms with Crippen LogP contribution in [0.15, 0.2) is 51.6 Å². The lowest BCUT2D eigenvalue weighted by atomic mass is 10.3. The molecule has 0 unspecified atom stereocenters. The maximum atomic E-state index is 12.5. The van der Waals surface area contributed by atoms with Crippen LogP contribution in [0.2, 0.25) is 0 Å². The first-order valence-corrected chi connectivity index (χ1v) is 11.6.